The number of hydrogen-bond donors (Lipinski definition) is 12. The summed E-state index contributed by atoms with van der Waals surface area (Å²) in [6.07, 6.45) is 1.36. The number of nitrogens with zero attached hydrogens (tertiary/aromatic N) is 2. The summed E-state index contributed by atoms with van der Waals surface area (Å²) in [5.74, 6) is -12.4. The van der Waals surface area contributed by atoms with Gasteiger partial charge in [0.2, 0.25) is 5.60 Å². The molecule has 0 amide bonds. The van der Waals surface area contributed by atoms with Gasteiger partial charge in [-0.05, 0) is 0 Å². The molecule has 260 valence electrons. The molecule has 2 rings (SSSR count). The molecule has 0 spiro atoms. The Hall–Kier alpha value is -5.94. The molecule has 2 atom stereocenters. The Morgan fingerprint density at radius 3 is 1.32 bits per heavy atom. The van der Waals surface area contributed by atoms with E-state index in [9.17, 15) is 38.4 Å². The highest BCUT2D eigenvalue weighted by Gasteiger charge is 2.48. The van der Waals surface area contributed by atoms with E-state index in [1.165, 1.54) is 18.9 Å². The maximum absolute atomic E-state index is 11.9. The number of aromatic amines is 2. The maximum atomic E-state index is 11.9. The van der Waals surface area contributed by atoms with Crippen LogP contribution in [0, 0.1) is 0 Å². The number of carboxylic acid groups (broad SMARTS) is 7. The van der Waals surface area contributed by atoms with E-state index >= 15 is 0 Å². The third kappa shape index (κ3) is 15.6. The molecule has 0 fully saturated rings. The van der Waals surface area contributed by atoms with Crippen LogP contribution in [-0.4, -0.2) is 132 Å². The van der Waals surface area contributed by atoms with Crippen molar-refractivity contribution in [3.05, 3.63) is 36.4 Å². The zero-order valence-electron chi connectivity index (χ0n) is 24.0. The molecule has 2 aromatic rings. The lowest BCUT2D eigenvalue weighted by atomic mass is 9.95. The maximum Gasteiger partial charge on any atom is 0.349 e. The fourth-order valence-electron chi connectivity index (χ4n) is 3.23. The predicted octanol–water partition coefficient (Wildman–Crippen LogP) is -3.29. The Bertz CT molecular complexity index is 1360. The van der Waals surface area contributed by atoms with Crippen LogP contribution in [0.15, 0.2) is 25.0 Å². The van der Waals surface area contributed by atoms with Gasteiger partial charge in [0, 0.05) is 25.2 Å². The summed E-state index contributed by atoms with van der Waals surface area (Å²) < 4.78 is 4.67. The number of nitrogens with one attached hydrogen (secondary N) is 2. The molecular formula is C24H32N6O17. The third-order valence-electron chi connectivity index (χ3n) is 5.43. The largest absolute Gasteiger partial charge is 0.481 e. The molecule has 23 nitrogen and oxygen atoms in total. The van der Waals surface area contributed by atoms with Gasteiger partial charge in [-0.3, -0.25) is 28.8 Å². The van der Waals surface area contributed by atoms with E-state index in [0.717, 1.165) is 0 Å². The van der Waals surface area contributed by atoms with Crippen LogP contribution in [0.1, 0.15) is 37.1 Å². The fourth-order valence-corrected chi connectivity index (χ4v) is 3.23. The first-order chi connectivity index (χ1) is 21.6. The number of imidazole rings is 2. The van der Waals surface area contributed by atoms with Gasteiger partial charge >= 0.3 is 47.8 Å². The SMILES string of the molecule is N[C@@H](Cc1c[nH]cn1)C(=O)O.N[C@@H](Cc1c[nH]cn1)C(=O)OC(CC(=O)O)(CC(=O)O)C(=O)O.O=C(O)CC(O)(CC(=O)O)C(=O)O. The Morgan fingerprint density at radius 2 is 1.04 bits per heavy atom. The average molecular weight is 677 g/mol. The molecule has 2 heterocycles. The second-order valence-electron chi connectivity index (χ2n) is 9.42. The van der Waals surface area contributed by atoms with Crippen molar-refractivity contribution in [2.45, 2.75) is 61.8 Å². The molecule has 0 saturated carbocycles. The molecule has 0 aliphatic heterocycles. The number of aromatic nitrogens is 4. The van der Waals surface area contributed by atoms with E-state index in [4.69, 9.17) is 52.3 Å². The Kier molecular flexibility index (Phi) is 16.4. The lowest BCUT2D eigenvalue weighted by molar-refractivity contribution is -0.186. The number of ether oxygens (including phenoxy) is 1. The van der Waals surface area contributed by atoms with E-state index in [1.54, 1.807) is 6.20 Å². The van der Waals surface area contributed by atoms with Crippen molar-refractivity contribution in [1.82, 2.24) is 19.9 Å². The van der Waals surface area contributed by atoms with Gasteiger partial charge in [0.15, 0.2) is 5.60 Å². The van der Waals surface area contributed by atoms with Gasteiger partial charge in [0.25, 0.3) is 0 Å². The summed E-state index contributed by atoms with van der Waals surface area (Å²) in [6, 6.07) is -2.20. The van der Waals surface area contributed by atoms with Crippen LogP contribution in [0.2, 0.25) is 0 Å². The monoisotopic (exact) mass is 676 g/mol. The van der Waals surface area contributed by atoms with Gasteiger partial charge in [0.1, 0.15) is 12.1 Å². The molecule has 0 aromatic carbocycles. The molecule has 0 radical (unpaired) electrons. The van der Waals surface area contributed by atoms with Gasteiger partial charge < -0.3 is 67.0 Å². The van der Waals surface area contributed by atoms with Crippen molar-refractivity contribution in [2.75, 3.05) is 0 Å². The molecule has 14 N–H and O–H groups in total. The topological polar surface area (TPSA) is 417 Å². The Morgan fingerprint density at radius 1 is 0.660 bits per heavy atom. The highest BCUT2D eigenvalue weighted by atomic mass is 16.6. The number of nitrogens with two attached hydrogens (primary N) is 2. The van der Waals surface area contributed by atoms with Gasteiger partial charge in [0.05, 0.1) is 49.7 Å². The van der Waals surface area contributed by atoms with Crippen LogP contribution in [0.3, 0.4) is 0 Å². The summed E-state index contributed by atoms with van der Waals surface area (Å²) >= 11 is 0. The summed E-state index contributed by atoms with van der Waals surface area (Å²) in [4.78, 5) is 98.6. The zero-order valence-corrected chi connectivity index (χ0v) is 24.0. The van der Waals surface area contributed by atoms with E-state index in [-0.39, 0.29) is 12.8 Å². The van der Waals surface area contributed by atoms with Crippen molar-refractivity contribution >= 4 is 47.8 Å². The molecule has 0 bridgehead atoms. The Balaban J connectivity index is 0.000000744. The van der Waals surface area contributed by atoms with Crippen LogP contribution >= 0.6 is 0 Å². The van der Waals surface area contributed by atoms with Crippen molar-refractivity contribution in [3.8, 4) is 0 Å². The molecule has 0 aliphatic carbocycles. The summed E-state index contributed by atoms with van der Waals surface area (Å²) in [7, 11) is 0. The average Bonchev–Trinajstić information content (AvgIpc) is 3.62. The Labute approximate surface area is 261 Å². The van der Waals surface area contributed by atoms with Crippen LogP contribution in [0.5, 0.6) is 0 Å². The van der Waals surface area contributed by atoms with Gasteiger partial charge in [-0.25, -0.2) is 19.6 Å². The first kappa shape index (κ1) is 41.1. The molecule has 0 aliphatic rings. The van der Waals surface area contributed by atoms with Crippen molar-refractivity contribution in [2.24, 2.45) is 11.5 Å². The van der Waals surface area contributed by atoms with Gasteiger partial charge in [-0.2, -0.15) is 0 Å². The number of aliphatic hydroxyl groups is 1. The second kappa shape index (κ2) is 18.8. The number of esters is 1. The normalized spacial score (nSPS) is 12.1. The first-order valence-corrected chi connectivity index (χ1v) is 12.6. The standard InChI is InChI=1S/C12H15N3O8.C6H9N3O2.C6H8O7/c13-7(1-6-4-14-5-15-6)10(20)23-12(11(21)22,2-8(16)17)3-9(18)19;7-5(6(10)11)1-4-2-8-3-9-4;7-3(8)1-6(13,5(11)12)2-4(9)10/h4-5,7H,1-3,13H2,(H,14,15)(H,16,17)(H,18,19)(H,21,22);2-3,5H,1,7H2,(H,8,9)(H,10,11);13H,1-2H2,(H,7,8)(H,9,10)(H,11,12)/t7-;5-;/m00./s1. The minimum absolute atomic E-state index is 0.0990. The molecule has 0 unspecified atom stereocenters. The predicted molar refractivity (Wildman–Crippen MR) is 146 cm³/mol. The molecule has 23 heteroatoms. The van der Waals surface area contributed by atoms with E-state index in [0.29, 0.717) is 11.4 Å². The minimum Gasteiger partial charge on any atom is -0.481 e. The number of rotatable bonds is 17. The third-order valence-corrected chi connectivity index (χ3v) is 5.43. The molecular weight excluding hydrogens is 644 g/mol. The van der Waals surface area contributed by atoms with E-state index in [1.807, 2.05) is 0 Å². The minimum atomic E-state index is -2.74. The quantitative estimate of drug-likeness (QED) is 0.0730. The van der Waals surface area contributed by atoms with Crippen LogP contribution < -0.4 is 11.5 Å². The van der Waals surface area contributed by atoms with Gasteiger partial charge in [-0.1, -0.05) is 0 Å². The summed E-state index contributed by atoms with van der Waals surface area (Å²) in [5, 5.41) is 68.9. The number of H-pyrrole nitrogens is 2. The summed E-state index contributed by atoms with van der Waals surface area (Å²) in [5.41, 5.74) is 6.40. The molecule has 47 heavy (non-hydrogen) atoms. The fraction of sp³-hybridized carbons (Fsp3) is 0.417. The van der Waals surface area contributed by atoms with Crippen LogP contribution in [-0.2, 0) is 55.9 Å². The highest BCUT2D eigenvalue weighted by Crippen LogP contribution is 2.23. The van der Waals surface area contributed by atoms with Gasteiger partial charge in [-0.15, -0.1) is 0 Å². The van der Waals surface area contributed by atoms with E-state index in [2.05, 4.69) is 24.7 Å². The second-order valence-corrected chi connectivity index (χ2v) is 9.42. The van der Waals surface area contributed by atoms with Crippen LogP contribution in [0.4, 0.5) is 0 Å². The molecule has 2 aromatic heterocycles. The zero-order chi connectivity index (χ0) is 36.5. The summed E-state index contributed by atoms with van der Waals surface area (Å²) in [6.45, 7) is 0. The number of aliphatic carboxylic acids is 7. The van der Waals surface area contributed by atoms with E-state index < -0.39 is 96.7 Å². The van der Waals surface area contributed by atoms with Crippen molar-refractivity contribution in [3.63, 3.8) is 0 Å². The lowest BCUT2D eigenvalue weighted by Gasteiger charge is -2.27. The number of carbonyl (C=O) groups excluding carboxylic acids is 1. The highest BCUT2D eigenvalue weighted by molar-refractivity contribution is 5.91. The lowest BCUT2D eigenvalue weighted by Crippen LogP contribution is -2.50. The number of carboxylic acids is 7. The number of carbonyl (C=O) groups is 8. The molecule has 0 saturated heterocycles. The number of hydrogen-bond acceptors (Lipinski definition) is 14. The smallest absolute Gasteiger partial charge is 0.349 e. The van der Waals surface area contributed by atoms with Crippen molar-refractivity contribution < 1.29 is 83.9 Å². The first-order valence-electron chi connectivity index (χ1n) is 12.6. The van der Waals surface area contributed by atoms with Crippen molar-refractivity contribution in [1.29, 1.82) is 0 Å². The van der Waals surface area contributed by atoms with Crippen LogP contribution in [0.25, 0.3) is 0 Å².